The quantitative estimate of drug-likeness (QED) is 0.744. The largest absolute Gasteiger partial charge is 0.497 e. The van der Waals surface area contributed by atoms with E-state index in [1.807, 2.05) is 30.3 Å². The molecule has 1 heterocycles. The van der Waals surface area contributed by atoms with Crippen LogP contribution in [0.2, 0.25) is 5.02 Å². The van der Waals surface area contributed by atoms with Crippen molar-refractivity contribution < 1.29 is 9.53 Å². The van der Waals surface area contributed by atoms with E-state index < -0.39 is 0 Å². The van der Waals surface area contributed by atoms with Crippen molar-refractivity contribution in [2.24, 2.45) is 5.73 Å². The SMILES string of the molecule is COc1cccc(CN2CCN(c3ccc(/C(C=N)=C/N)c(Cl)c3)C2=O)c1. The average Bonchev–Trinajstić information content (AvgIpc) is 3.04. The number of hydrogen-bond donors (Lipinski definition) is 2. The Morgan fingerprint density at radius 3 is 2.78 bits per heavy atom. The second kappa shape index (κ2) is 8.14. The van der Waals surface area contributed by atoms with Gasteiger partial charge in [-0.15, -0.1) is 0 Å². The molecule has 0 saturated carbocycles. The number of anilines is 1. The van der Waals surface area contributed by atoms with Gasteiger partial charge in [0.15, 0.2) is 0 Å². The first-order valence-corrected chi connectivity index (χ1v) is 8.87. The van der Waals surface area contributed by atoms with Gasteiger partial charge in [0.05, 0.1) is 12.1 Å². The molecule has 1 aliphatic rings. The van der Waals surface area contributed by atoms with Crippen LogP contribution in [-0.2, 0) is 6.54 Å². The highest BCUT2D eigenvalue weighted by Crippen LogP contribution is 2.30. The lowest BCUT2D eigenvalue weighted by atomic mass is 10.1. The number of ether oxygens (including phenoxy) is 1. The van der Waals surface area contributed by atoms with Gasteiger partial charge >= 0.3 is 6.03 Å². The van der Waals surface area contributed by atoms with E-state index in [4.69, 9.17) is 27.5 Å². The standard InChI is InChI=1S/C20H21ClN4O2/c1-27-17-4-2-3-14(9-17)13-24-7-8-25(20(24)26)16-5-6-18(19(21)10-16)15(11-22)12-23/h2-6,9-12,22H,7-8,13,23H2,1H3/b15-12+,22-11?. The summed E-state index contributed by atoms with van der Waals surface area (Å²) in [6.07, 6.45) is 2.49. The molecule has 3 rings (SSSR count). The van der Waals surface area contributed by atoms with Gasteiger partial charge in [-0.1, -0.05) is 29.8 Å². The molecular formula is C20H21ClN4O2. The minimum absolute atomic E-state index is 0.0664. The van der Waals surface area contributed by atoms with Crippen LogP contribution in [0.3, 0.4) is 0 Å². The Labute approximate surface area is 163 Å². The van der Waals surface area contributed by atoms with Crippen LogP contribution < -0.4 is 15.4 Å². The van der Waals surface area contributed by atoms with E-state index >= 15 is 0 Å². The molecule has 2 aromatic rings. The third kappa shape index (κ3) is 3.90. The normalized spacial score (nSPS) is 14.6. The van der Waals surface area contributed by atoms with Crippen molar-refractivity contribution in [3.8, 4) is 5.75 Å². The zero-order valence-electron chi connectivity index (χ0n) is 15.0. The second-order valence-corrected chi connectivity index (χ2v) is 6.54. The van der Waals surface area contributed by atoms with Crippen LogP contribution in [0.15, 0.2) is 48.7 Å². The number of carbonyl (C=O) groups is 1. The summed E-state index contributed by atoms with van der Waals surface area (Å²) in [5, 5.41) is 7.85. The van der Waals surface area contributed by atoms with Crippen molar-refractivity contribution in [2.75, 3.05) is 25.1 Å². The number of methoxy groups -OCH3 is 1. The number of nitrogens with two attached hydrogens (primary N) is 1. The first-order valence-electron chi connectivity index (χ1n) is 8.49. The summed E-state index contributed by atoms with van der Waals surface area (Å²) in [6.45, 7) is 1.73. The first kappa shape index (κ1) is 18.8. The third-order valence-corrected chi connectivity index (χ3v) is 4.83. The van der Waals surface area contributed by atoms with Gasteiger partial charge in [0.1, 0.15) is 5.75 Å². The van der Waals surface area contributed by atoms with Gasteiger partial charge < -0.3 is 20.8 Å². The van der Waals surface area contributed by atoms with Crippen LogP contribution >= 0.6 is 11.6 Å². The molecule has 1 aliphatic heterocycles. The van der Waals surface area contributed by atoms with E-state index in [-0.39, 0.29) is 6.03 Å². The highest BCUT2D eigenvalue weighted by molar-refractivity contribution is 6.34. The summed E-state index contributed by atoms with van der Waals surface area (Å²) in [5.41, 5.74) is 8.46. The molecule has 0 atom stereocenters. The predicted molar refractivity (Wildman–Crippen MR) is 109 cm³/mol. The van der Waals surface area contributed by atoms with E-state index in [0.29, 0.717) is 35.8 Å². The Balaban J connectivity index is 1.76. The lowest BCUT2D eigenvalue weighted by molar-refractivity contribution is 0.218. The molecule has 6 nitrogen and oxygen atoms in total. The fourth-order valence-corrected chi connectivity index (χ4v) is 3.37. The molecule has 7 heteroatoms. The summed E-state index contributed by atoms with van der Waals surface area (Å²) in [6, 6.07) is 13.0. The van der Waals surface area contributed by atoms with Crippen LogP contribution in [0.1, 0.15) is 11.1 Å². The smallest absolute Gasteiger partial charge is 0.324 e. The van der Waals surface area contributed by atoms with Gasteiger partial charge in [-0.3, -0.25) is 4.90 Å². The number of benzene rings is 2. The Morgan fingerprint density at radius 1 is 1.30 bits per heavy atom. The number of halogens is 1. The van der Waals surface area contributed by atoms with Crippen molar-refractivity contribution in [1.29, 1.82) is 5.41 Å². The number of nitrogens with one attached hydrogen (secondary N) is 1. The fourth-order valence-electron chi connectivity index (χ4n) is 3.08. The minimum atomic E-state index is -0.0664. The van der Waals surface area contributed by atoms with E-state index in [0.717, 1.165) is 23.2 Å². The maximum absolute atomic E-state index is 12.8. The molecule has 3 N–H and O–H groups in total. The molecular weight excluding hydrogens is 364 g/mol. The number of hydrogen-bond acceptors (Lipinski definition) is 4. The molecule has 140 valence electrons. The zero-order valence-corrected chi connectivity index (χ0v) is 15.7. The van der Waals surface area contributed by atoms with E-state index in [1.54, 1.807) is 29.0 Å². The maximum atomic E-state index is 12.8. The van der Waals surface area contributed by atoms with E-state index in [9.17, 15) is 4.79 Å². The molecule has 2 amide bonds. The number of urea groups is 1. The highest BCUT2D eigenvalue weighted by Gasteiger charge is 2.30. The molecule has 1 fully saturated rings. The Hall–Kier alpha value is -2.99. The Bertz CT molecular complexity index is 897. The number of amides is 2. The molecule has 0 bridgehead atoms. The van der Waals surface area contributed by atoms with Crippen molar-refractivity contribution >= 4 is 35.1 Å². The van der Waals surface area contributed by atoms with Gasteiger partial charge in [0.25, 0.3) is 0 Å². The lowest BCUT2D eigenvalue weighted by Crippen LogP contribution is -2.31. The molecule has 0 radical (unpaired) electrons. The summed E-state index contributed by atoms with van der Waals surface area (Å²) in [4.78, 5) is 16.3. The molecule has 0 spiro atoms. The molecule has 2 aromatic carbocycles. The summed E-state index contributed by atoms with van der Waals surface area (Å²) < 4.78 is 5.24. The van der Waals surface area contributed by atoms with Crippen molar-refractivity contribution in [3.05, 3.63) is 64.8 Å². The number of allylic oxidation sites excluding steroid dienone is 1. The van der Waals surface area contributed by atoms with Crippen molar-refractivity contribution in [1.82, 2.24) is 4.90 Å². The van der Waals surface area contributed by atoms with Crippen LogP contribution in [0.25, 0.3) is 5.57 Å². The van der Waals surface area contributed by atoms with Crippen molar-refractivity contribution in [3.63, 3.8) is 0 Å². The van der Waals surface area contributed by atoms with Gasteiger partial charge in [-0.05, 0) is 29.8 Å². The zero-order chi connectivity index (χ0) is 19.4. The average molecular weight is 385 g/mol. The fraction of sp³-hybridized carbons (Fsp3) is 0.200. The maximum Gasteiger partial charge on any atom is 0.324 e. The predicted octanol–water partition coefficient (Wildman–Crippen LogP) is 3.74. The van der Waals surface area contributed by atoms with E-state index in [1.165, 1.54) is 6.20 Å². The van der Waals surface area contributed by atoms with Crippen LogP contribution in [0, 0.1) is 5.41 Å². The first-order chi connectivity index (χ1) is 13.1. The topological polar surface area (TPSA) is 82.7 Å². The van der Waals surface area contributed by atoms with Gasteiger partial charge in [0, 0.05) is 48.9 Å². The molecule has 1 saturated heterocycles. The summed E-state index contributed by atoms with van der Waals surface area (Å²) in [5.74, 6) is 0.772. The third-order valence-electron chi connectivity index (χ3n) is 4.51. The Morgan fingerprint density at radius 2 is 2.11 bits per heavy atom. The van der Waals surface area contributed by atoms with Crippen LogP contribution in [0.4, 0.5) is 10.5 Å². The highest BCUT2D eigenvalue weighted by atomic mass is 35.5. The summed E-state index contributed by atoms with van der Waals surface area (Å²) in [7, 11) is 1.62. The van der Waals surface area contributed by atoms with Crippen LogP contribution in [0.5, 0.6) is 5.75 Å². The molecule has 0 aromatic heterocycles. The number of rotatable bonds is 6. The Kier molecular flexibility index (Phi) is 5.66. The lowest BCUT2D eigenvalue weighted by Gasteiger charge is -2.20. The van der Waals surface area contributed by atoms with Crippen LogP contribution in [-0.4, -0.2) is 37.3 Å². The van der Waals surface area contributed by atoms with E-state index in [2.05, 4.69) is 0 Å². The second-order valence-electron chi connectivity index (χ2n) is 6.14. The van der Waals surface area contributed by atoms with Gasteiger partial charge in [0.2, 0.25) is 0 Å². The monoisotopic (exact) mass is 384 g/mol. The molecule has 0 unspecified atom stereocenters. The van der Waals surface area contributed by atoms with Crippen molar-refractivity contribution in [2.45, 2.75) is 6.54 Å². The number of nitrogens with zero attached hydrogens (tertiary/aromatic N) is 2. The van der Waals surface area contributed by atoms with Gasteiger partial charge in [-0.2, -0.15) is 0 Å². The molecule has 0 aliphatic carbocycles. The number of carbonyl (C=O) groups excluding carboxylic acids is 1. The molecule has 27 heavy (non-hydrogen) atoms. The minimum Gasteiger partial charge on any atom is -0.497 e. The van der Waals surface area contributed by atoms with Gasteiger partial charge in [-0.25, -0.2) is 4.79 Å². The summed E-state index contributed by atoms with van der Waals surface area (Å²) >= 11 is 6.34.